The minimum absolute atomic E-state index is 0.363. The van der Waals surface area contributed by atoms with Crippen LogP contribution in [0.25, 0.3) is 0 Å². The molecule has 1 N–H and O–H groups in total. The van der Waals surface area contributed by atoms with Crippen molar-refractivity contribution in [1.29, 1.82) is 0 Å². The predicted octanol–water partition coefficient (Wildman–Crippen LogP) is 4.50. The van der Waals surface area contributed by atoms with E-state index in [-0.39, 0.29) is 0 Å². The van der Waals surface area contributed by atoms with Gasteiger partial charge in [0.2, 0.25) is 0 Å². The molecule has 118 valence electrons. The molecule has 1 aliphatic rings. The molecule has 1 atom stereocenters. The number of rotatable bonds is 7. The SMILES string of the molecule is CCCNC(CCN1CCC(C)(C)C1)c1ccccc1Cl. The molecule has 21 heavy (non-hydrogen) atoms. The molecule has 2 rings (SSSR count). The summed E-state index contributed by atoms with van der Waals surface area (Å²) in [4.78, 5) is 2.59. The first-order chi connectivity index (χ1) is 10.0. The molecular formula is C18H29ClN2. The number of halogens is 1. The van der Waals surface area contributed by atoms with Crippen molar-refractivity contribution in [2.45, 2.75) is 46.1 Å². The van der Waals surface area contributed by atoms with E-state index in [1.165, 1.54) is 25.1 Å². The molecule has 1 heterocycles. The van der Waals surface area contributed by atoms with Crippen molar-refractivity contribution in [3.05, 3.63) is 34.9 Å². The molecule has 0 spiro atoms. The number of hydrogen-bond acceptors (Lipinski definition) is 2. The van der Waals surface area contributed by atoms with Crippen molar-refractivity contribution in [3.63, 3.8) is 0 Å². The van der Waals surface area contributed by atoms with Gasteiger partial charge in [-0.1, -0.05) is 50.6 Å². The lowest BCUT2D eigenvalue weighted by molar-refractivity contribution is 0.274. The van der Waals surface area contributed by atoms with E-state index in [1.54, 1.807) is 0 Å². The van der Waals surface area contributed by atoms with Crippen LogP contribution in [0.5, 0.6) is 0 Å². The van der Waals surface area contributed by atoms with Crippen LogP contribution in [0.3, 0.4) is 0 Å². The first kappa shape index (κ1) is 16.8. The van der Waals surface area contributed by atoms with Crippen molar-refractivity contribution in [3.8, 4) is 0 Å². The van der Waals surface area contributed by atoms with E-state index >= 15 is 0 Å². The molecule has 0 bridgehead atoms. The van der Waals surface area contributed by atoms with Gasteiger partial charge in [0.1, 0.15) is 0 Å². The van der Waals surface area contributed by atoms with Gasteiger partial charge in [0.05, 0.1) is 0 Å². The molecule has 1 aliphatic heterocycles. The van der Waals surface area contributed by atoms with Gasteiger partial charge in [0, 0.05) is 17.6 Å². The van der Waals surface area contributed by atoms with Crippen LogP contribution in [-0.4, -0.2) is 31.1 Å². The monoisotopic (exact) mass is 308 g/mol. The van der Waals surface area contributed by atoms with Gasteiger partial charge in [-0.15, -0.1) is 0 Å². The van der Waals surface area contributed by atoms with Crippen molar-refractivity contribution in [1.82, 2.24) is 10.2 Å². The molecule has 0 amide bonds. The number of hydrogen-bond donors (Lipinski definition) is 1. The van der Waals surface area contributed by atoms with Gasteiger partial charge in [0.25, 0.3) is 0 Å². The van der Waals surface area contributed by atoms with Gasteiger partial charge >= 0.3 is 0 Å². The zero-order valence-electron chi connectivity index (χ0n) is 13.7. The fourth-order valence-corrected chi connectivity index (χ4v) is 3.44. The van der Waals surface area contributed by atoms with Gasteiger partial charge in [-0.3, -0.25) is 0 Å². The van der Waals surface area contributed by atoms with Crippen molar-refractivity contribution in [2.75, 3.05) is 26.2 Å². The summed E-state index contributed by atoms with van der Waals surface area (Å²) < 4.78 is 0. The Hall–Kier alpha value is -0.570. The quantitative estimate of drug-likeness (QED) is 0.797. The third-order valence-electron chi connectivity index (χ3n) is 4.41. The molecular weight excluding hydrogens is 280 g/mol. The highest BCUT2D eigenvalue weighted by Crippen LogP contribution is 2.30. The number of nitrogens with one attached hydrogen (secondary N) is 1. The van der Waals surface area contributed by atoms with Gasteiger partial charge in [-0.05, 0) is 55.9 Å². The Morgan fingerprint density at radius 2 is 2.10 bits per heavy atom. The average molecular weight is 309 g/mol. The van der Waals surface area contributed by atoms with Crippen LogP contribution in [0.4, 0.5) is 0 Å². The Morgan fingerprint density at radius 1 is 1.33 bits per heavy atom. The summed E-state index contributed by atoms with van der Waals surface area (Å²) in [5.41, 5.74) is 1.72. The maximum atomic E-state index is 6.39. The smallest absolute Gasteiger partial charge is 0.0453 e. The molecule has 0 saturated carbocycles. The lowest BCUT2D eigenvalue weighted by atomic mass is 9.93. The van der Waals surface area contributed by atoms with E-state index in [4.69, 9.17) is 11.6 Å². The molecule has 1 unspecified atom stereocenters. The average Bonchev–Trinajstić information content (AvgIpc) is 2.80. The van der Waals surface area contributed by atoms with Gasteiger partial charge in [-0.25, -0.2) is 0 Å². The first-order valence-electron chi connectivity index (χ1n) is 8.22. The number of benzene rings is 1. The lowest BCUT2D eigenvalue weighted by Crippen LogP contribution is -2.30. The largest absolute Gasteiger partial charge is 0.310 e. The van der Waals surface area contributed by atoms with Crippen LogP contribution in [0, 0.1) is 5.41 Å². The highest BCUT2D eigenvalue weighted by Gasteiger charge is 2.29. The third-order valence-corrected chi connectivity index (χ3v) is 4.76. The van der Waals surface area contributed by atoms with Crippen LogP contribution in [0.1, 0.15) is 51.6 Å². The Bertz CT molecular complexity index is 445. The van der Waals surface area contributed by atoms with Gasteiger partial charge < -0.3 is 10.2 Å². The molecule has 1 aromatic rings. The standard InChI is InChI=1S/C18H29ClN2/c1-4-11-20-17(15-7-5-6-8-16(15)19)9-12-21-13-10-18(2,3)14-21/h5-8,17,20H,4,9-14H2,1-3H3. The Kier molecular flexibility index (Phi) is 6.09. The minimum Gasteiger partial charge on any atom is -0.310 e. The molecule has 1 aromatic carbocycles. The minimum atomic E-state index is 0.363. The molecule has 2 nitrogen and oxygen atoms in total. The molecule has 1 fully saturated rings. The number of nitrogens with zero attached hydrogens (tertiary/aromatic N) is 1. The second kappa shape index (κ2) is 7.62. The molecule has 0 radical (unpaired) electrons. The van der Waals surface area contributed by atoms with Gasteiger partial charge in [-0.2, -0.15) is 0 Å². The second-order valence-corrected chi connectivity index (χ2v) is 7.41. The summed E-state index contributed by atoms with van der Waals surface area (Å²) in [6.45, 7) is 11.6. The highest BCUT2D eigenvalue weighted by molar-refractivity contribution is 6.31. The van der Waals surface area contributed by atoms with E-state index in [1.807, 2.05) is 12.1 Å². The van der Waals surface area contributed by atoms with Crippen LogP contribution in [0.15, 0.2) is 24.3 Å². The predicted molar refractivity (Wildman–Crippen MR) is 91.9 cm³/mol. The lowest BCUT2D eigenvalue weighted by Gasteiger charge is -2.24. The topological polar surface area (TPSA) is 15.3 Å². The fourth-order valence-electron chi connectivity index (χ4n) is 3.17. The molecule has 3 heteroatoms. The maximum Gasteiger partial charge on any atom is 0.0453 e. The highest BCUT2D eigenvalue weighted by atomic mass is 35.5. The summed E-state index contributed by atoms with van der Waals surface area (Å²) in [5.74, 6) is 0. The van der Waals surface area contributed by atoms with Crippen LogP contribution in [0.2, 0.25) is 5.02 Å². The zero-order valence-corrected chi connectivity index (χ0v) is 14.4. The van der Waals surface area contributed by atoms with Crippen LogP contribution >= 0.6 is 11.6 Å². The molecule has 0 aliphatic carbocycles. The van der Waals surface area contributed by atoms with E-state index < -0.39 is 0 Å². The summed E-state index contributed by atoms with van der Waals surface area (Å²) >= 11 is 6.39. The third kappa shape index (κ3) is 4.98. The van der Waals surface area contributed by atoms with E-state index in [2.05, 4.69) is 43.1 Å². The Morgan fingerprint density at radius 3 is 2.71 bits per heavy atom. The van der Waals surface area contributed by atoms with E-state index in [0.29, 0.717) is 11.5 Å². The van der Waals surface area contributed by atoms with Gasteiger partial charge in [0.15, 0.2) is 0 Å². The summed E-state index contributed by atoms with van der Waals surface area (Å²) in [5, 5.41) is 4.54. The number of likely N-dealkylation sites (tertiary alicyclic amines) is 1. The second-order valence-electron chi connectivity index (χ2n) is 7.01. The molecule has 1 saturated heterocycles. The Labute approximate surface area is 134 Å². The van der Waals surface area contributed by atoms with Crippen molar-refractivity contribution >= 4 is 11.6 Å². The zero-order chi connectivity index (χ0) is 15.3. The van der Waals surface area contributed by atoms with Crippen molar-refractivity contribution < 1.29 is 0 Å². The van der Waals surface area contributed by atoms with Crippen LogP contribution in [-0.2, 0) is 0 Å². The van der Waals surface area contributed by atoms with E-state index in [9.17, 15) is 0 Å². The Balaban J connectivity index is 1.96. The van der Waals surface area contributed by atoms with E-state index in [0.717, 1.165) is 31.0 Å². The molecule has 0 aromatic heterocycles. The summed E-state index contributed by atoms with van der Waals surface area (Å²) in [6, 6.07) is 8.61. The summed E-state index contributed by atoms with van der Waals surface area (Å²) in [6.07, 6.45) is 3.59. The maximum absolute atomic E-state index is 6.39. The van der Waals surface area contributed by atoms with Crippen LogP contribution < -0.4 is 5.32 Å². The fraction of sp³-hybridized carbons (Fsp3) is 0.667. The summed E-state index contributed by atoms with van der Waals surface area (Å²) in [7, 11) is 0. The van der Waals surface area contributed by atoms with Crippen molar-refractivity contribution in [2.24, 2.45) is 5.41 Å². The first-order valence-corrected chi connectivity index (χ1v) is 8.60. The normalized spacial score (nSPS) is 19.8.